The highest BCUT2D eigenvalue weighted by Crippen LogP contribution is 2.24. The maximum Gasteiger partial charge on any atom is 0.318 e. The van der Waals surface area contributed by atoms with Gasteiger partial charge in [0.1, 0.15) is 0 Å². The van der Waals surface area contributed by atoms with Crippen LogP contribution in [0.25, 0.3) is 0 Å². The molecule has 0 spiro atoms. The zero-order chi connectivity index (χ0) is 21.0. The molecule has 0 aromatic heterocycles. The van der Waals surface area contributed by atoms with E-state index in [0.717, 1.165) is 16.8 Å². The van der Waals surface area contributed by atoms with Crippen LogP contribution in [0.3, 0.4) is 0 Å². The van der Waals surface area contributed by atoms with Crippen molar-refractivity contribution < 1.29 is 9.63 Å². The Labute approximate surface area is 181 Å². The Kier molecular flexibility index (Phi) is 6.70. The third-order valence-corrected chi connectivity index (χ3v) is 4.94. The molecule has 0 aliphatic carbocycles. The second kappa shape index (κ2) is 9.06. The molecule has 1 N–H and O–H groups in total. The van der Waals surface area contributed by atoms with Crippen molar-refractivity contribution in [3.63, 3.8) is 0 Å². The van der Waals surface area contributed by atoms with Gasteiger partial charge in [0, 0.05) is 34.1 Å². The maximum atomic E-state index is 12.9. The maximum absolute atomic E-state index is 12.9. The predicted molar refractivity (Wildman–Crippen MR) is 118 cm³/mol. The molecule has 0 bridgehead atoms. The van der Waals surface area contributed by atoms with Crippen molar-refractivity contribution in [2.45, 2.75) is 45.4 Å². The number of carbonyl (C=O) groups excluding carboxylic acids is 1. The average molecular weight is 434 g/mol. The summed E-state index contributed by atoms with van der Waals surface area (Å²) in [5.41, 5.74) is 2.25. The number of urea groups is 1. The lowest BCUT2D eigenvalue weighted by Gasteiger charge is -2.29. The van der Waals surface area contributed by atoms with Crippen LogP contribution in [0.2, 0.25) is 10.0 Å². The molecule has 154 valence electrons. The number of nitrogens with one attached hydrogen (secondary N) is 1. The molecule has 0 saturated carbocycles. The van der Waals surface area contributed by atoms with Crippen LogP contribution in [0.15, 0.2) is 53.7 Å². The van der Waals surface area contributed by atoms with Crippen molar-refractivity contribution in [3.05, 3.63) is 69.7 Å². The van der Waals surface area contributed by atoms with E-state index in [0.29, 0.717) is 29.6 Å². The molecule has 0 saturated heterocycles. The van der Waals surface area contributed by atoms with Crippen LogP contribution in [-0.2, 0) is 11.4 Å². The van der Waals surface area contributed by atoms with Crippen LogP contribution in [0.4, 0.5) is 4.79 Å². The molecule has 0 fully saturated rings. The Hall–Kier alpha value is -2.24. The summed E-state index contributed by atoms with van der Waals surface area (Å²) in [7, 11) is 0. The topological polar surface area (TPSA) is 53.9 Å². The SMILES string of the molecule is CC(C)(C)NC(=O)N(Cc1cccc(Cl)c1)CC1CC(c2ccccc2Cl)=NO1. The highest BCUT2D eigenvalue weighted by Gasteiger charge is 2.29. The lowest BCUT2D eigenvalue weighted by molar-refractivity contribution is 0.0580. The van der Waals surface area contributed by atoms with Crippen molar-refractivity contribution in [3.8, 4) is 0 Å². The standard InChI is InChI=1S/C22H25Cl2N3O2/c1-22(2,3)25-21(28)27(13-15-7-6-8-16(23)11-15)14-17-12-20(26-29-17)18-9-4-5-10-19(18)24/h4-11,17H,12-14H2,1-3H3,(H,25,28). The number of rotatable bonds is 5. The molecule has 1 aliphatic heterocycles. The highest BCUT2D eigenvalue weighted by atomic mass is 35.5. The first-order chi connectivity index (χ1) is 13.7. The van der Waals surface area contributed by atoms with Crippen molar-refractivity contribution in [1.82, 2.24) is 10.2 Å². The van der Waals surface area contributed by atoms with Gasteiger partial charge < -0.3 is 15.1 Å². The average Bonchev–Trinajstić information content (AvgIpc) is 3.08. The smallest absolute Gasteiger partial charge is 0.318 e. The number of hydrogen-bond donors (Lipinski definition) is 1. The molecule has 1 atom stereocenters. The van der Waals surface area contributed by atoms with Gasteiger partial charge in [0.15, 0.2) is 6.10 Å². The van der Waals surface area contributed by atoms with Gasteiger partial charge >= 0.3 is 6.03 Å². The van der Waals surface area contributed by atoms with Gasteiger partial charge in [0.25, 0.3) is 0 Å². The monoisotopic (exact) mass is 433 g/mol. The van der Waals surface area contributed by atoms with Crippen LogP contribution in [0, 0.1) is 0 Å². The summed E-state index contributed by atoms with van der Waals surface area (Å²) in [4.78, 5) is 20.3. The Morgan fingerprint density at radius 1 is 1.21 bits per heavy atom. The Morgan fingerprint density at radius 2 is 1.97 bits per heavy atom. The van der Waals surface area contributed by atoms with Crippen LogP contribution < -0.4 is 5.32 Å². The van der Waals surface area contributed by atoms with E-state index in [9.17, 15) is 4.79 Å². The summed E-state index contributed by atoms with van der Waals surface area (Å²) in [6, 6.07) is 14.9. The number of amides is 2. The van der Waals surface area contributed by atoms with E-state index >= 15 is 0 Å². The molecule has 3 rings (SSSR count). The number of halogens is 2. The molecule has 2 aromatic carbocycles. The van der Waals surface area contributed by atoms with E-state index in [1.54, 1.807) is 4.90 Å². The molecule has 2 aromatic rings. The first-order valence-corrected chi connectivity index (χ1v) is 10.3. The summed E-state index contributed by atoms with van der Waals surface area (Å²) in [5, 5.41) is 8.50. The zero-order valence-electron chi connectivity index (χ0n) is 16.8. The molecule has 5 nitrogen and oxygen atoms in total. The fourth-order valence-corrected chi connectivity index (χ4v) is 3.56. The van der Waals surface area contributed by atoms with Gasteiger partial charge in [-0.2, -0.15) is 0 Å². The molecular weight excluding hydrogens is 409 g/mol. The van der Waals surface area contributed by atoms with Crippen molar-refractivity contribution in [1.29, 1.82) is 0 Å². The van der Waals surface area contributed by atoms with Crippen LogP contribution in [-0.4, -0.2) is 34.8 Å². The fourth-order valence-electron chi connectivity index (χ4n) is 3.10. The van der Waals surface area contributed by atoms with E-state index in [1.165, 1.54) is 0 Å². The van der Waals surface area contributed by atoms with E-state index < -0.39 is 0 Å². The summed E-state index contributed by atoms with van der Waals surface area (Å²) in [6.07, 6.45) is 0.338. The molecule has 7 heteroatoms. The van der Waals surface area contributed by atoms with E-state index in [-0.39, 0.29) is 17.7 Å². The first kappa shape index (κ1) is 21.5. The van der Waals surface area contributed by atoms with E-state index in [1.807, 2.05) is 69.3 Å². The minimum atomic E-state index is -0.348. The predicted octanol–water partition coefficient (Wildman–Crippen LogP) is 5.50. The van der Waals surface area contributed by atoms with Crippen molar-refractivity contribution >= 4 is 34.9 Å². The Bertz CT molecular complexity index is 909. The molecule has 1 unspecified atom stereocenters. The third kappa shape index (κ3) is 6.12. The van der Waals surface area contributed by atoms with Crippen molar-refractivity contribution in [2.75, 3.05) is 6.54 Å². The Balaban J connectivity index is 1.71. The first-order valence-electron chi connectivity index (χ1n) is 9.50. The third-order valence-electron chi connectivity index (χ3n) is 4.37. The highest BCUT2D eigenvalue weighted by molar-refractivity contribution is 6.34. The minimum absolute atomic E-state index is 0.160. The quantitative estimate of drug-likeness (QED) is 0.676. The van der Waals surface area contributed by atoms with Gasteiger partial charge in [0.05, 0.1) is 12.3 Å². The largest absolute Gasteiger partial charge is 0.390 e. The number of nitrogens with zero attached hydrogens (tertiary/aromatic N) is 2. The van der Waals surface area contributed by atoms with Crippen LogP contribution in [0.5, 0.6) is 0 Å². The Morgan fingerprint density at radius 3 is 2.66 bits per heavy atom. The summed E-state index contributed by atoms with van der Waals surface area (Å²) in [6.45, 7) is 6.67. The number of hydrogen-bond acceptors (Lipinski definition) is 3. The number of oxime groups is 1. The summed E-state index contributed by atoms with van der Waals surface area (Å²) in [5.74, 6) is 0. The number of benzene rings is 2. The van der Waals surface area contributed by atoms with Gasteiger partial charge in [-0.05, 0) is 44.5 Å². The van der Waals surface area contributed by atoms with Crippen molar-refractivity contribution in [2.24, 2.45) is 5.16 Å². The summed E-state index contributed by atoms with van der Waals surface area (Å²) >= 11 is 12.4. The van der Waals surface area contributed by atoms with Gasteiger partial charge in [-0.25, -0.2) is 4.79 Å². The number of carbonyl (C=O) groups is 1. The fraction of sp³-hybridized carbons (Fsp3) is 0.364. The lowest BCUT2D eigenvalue weighted by atomic mass is 10.0. The van der Waals surface area contributed by atoms with Crippen LogP contribution >= 0.6 is 23.2 Å². The van der Waals surface area contributed by atoms with Gasteiger partial charge in [-0.1, -0.05) is 58.7 Å². The van der Waals surface area contributed by atoms with Crippen LogP contribution in [0.1, 0.15) is 38.3 Å². The van der Waals surface area contributed by atoms with E-state index in [4.69, 9.17) is 28.0 Å². The molecule has 1 heterocycles. The van der Waals surface area contributed by atoms with Gasteiger partial charge in [-0.15, -0.1) is 0 Å². The second-order valence-electron chi connectivity index (χ2n) is 8.14. The normalized spacial score (nSPS) is 16.2. The van der Waals surface area contributed by atoms with Gasteiger partial charge in [0.2, 0.25) is 0 Å². The lowest BCUT2D eigenvalue weighted by Crippen LogP contribution is -2.50. The molecule has 29 heavy (non-hydrogen) atoms. The second-order valence-corrected chi connectivity index (χ2v) is 8.98. The van der Waals surface area contributed by atoms with Gasteiger partial charge in [-0.3, -0.25) is 0 Å². The zero-order valence-corrected chi connectivity index (χ0v) is 18.3. The molecular formula is C22H25Cl2N3O2. The van der Waals surface area contributed by atoms with E-state index in [2.05, 4.69) is 10.5 Å². The minimum Gasteiger partial charge on any atom is -0.390 e. The molecule has 0 radical (unpaired) electrons. The molecule has 2 amide bonds. The summed E-state index contributed by atoms with van der Waals surface area (Å²) < 4.78 is 0. The molecule has 1 aliphatic rings.